The van der Waals surface area contributed by atoms with Crippen molar-refractivity contribution in [1.29, 1.82) is 0 Å². The summed E-state index contributed by atoms with van der Waals surface area (Å²) in [6.07, 6.45) is 1.27. The number of ether oxygens (including phenoxy) is 2. The van der Waals surface area contributed by atoms with E-state index in [-0.39, 0.29) is 6.10 Å². The average molecular weight is 235 g/mol. The van der Waals surface area contributed by atoms with Gasteiger partial charge in [0.1, 0.15) is 0 Å². The van der Waals surface area contributed by atoms with E-state index in [4.69, 9.17) is 9.47 Å². The second kappa shape index (κ2) is 4.85. The van der Waals surface area contributed by atoms with Gasteiger partial charge in [-0.3, -0.25) is 0 Å². The summed E-state index contributed by atoms with van der Waals surface area (Å²) < 4.78 is 11.8. The third kappa shape index (κ3) is 3.54. The molecule has 0 spiro atoms. The van der Waals surface area contributed by atoms with E-state index >= 15 is 0 Å². The van der Waals surface area contributed by atoms with Gasteiger partial charge < -0.3 is 14.7 Å². The highest BCUT2D eigenvalue weighted by Crippen LogP contribution is 2.21. The largest absolute Gasteiger partial charge is 0.624 e. The van der Waals surface area contributed by atoms with Gasteiger partial charge in [-0.1, -0.05) is 30.3 Å². The molecule has 1 heterocycles. The molecule has 0 amide bonds. The van der Waals surface area contributed by atoms with E-state index in [1.807, 2.05) is 44.2 Å². The minimum absolute atomic E-state index is 0.258. The standard InChI is InChI=1S/C13H17NO3/c1-13(2)16-10-12(17-13)9-14(15)8-11-6-4-3-5-7-11/h3-7,9,12H,8,10H2,1-2H3/t12-/m0/s1. The highest BCUT2D eigenvalue weighted by atomic mass is 16.7. The lowest BCUT2D eigenvalue weighted by Gasteiger charge is -2.15. The van der Waals surface area contributed by atoms with Gasteiger partial charge in [-0.05, 0) is 13.8 Å². The summed E-state index contributed by atoms with van der Waals surface area (Å²) in [5.74, 6) is -0.589. The van der Waals surface area contributed by atoms with E-state index in [0.717, 1.165) is 10.3 Å². The first-order valence-electron chi connectivity index (χ1n) is 5.70. The Kier molecular flexibility index (Phi) is 3.45. The van der Waals surface area contributed by atoms with Crippen molar-refractivity contribution in [3.63, 3.8) is 0 Å². The quantitative estimate of drug-likeness (QED) is 0.348. The molecular formula is C13H17NO3. The Hall–Kier alpha value is -1.39. The van der Waals surface area contributed by atoms with Gasteiger partial charge in [-0.2, -0.15) is 0 Å². The van der Waals surface area contributed by atoms with Crippen molar-refractivity contribution in [3.8, 4) is 0 Å². The first kappa shape index (κ1) is 12.1. The summed E-state index contributed by atoms with van der Waals surface area (Å²) in [5, 5.41) is 11.7. The topological polar surface area (TPSA) is 44.5 Å². The lowest BCUT2D eigenvalue weighted by molar-refractivity contribution is -0.472. The fraction of sp³-hybridized carbons (Fsp3) is 0.462. The van der Waals surface area contributed by atoms with Crippen molar-refractivity contribution in [1.82, 2.24) is 0 Å². The van der Waals surface area contributed by atoms with Crippen LogP contribution in [0.1, 0.15) is 19.4 Å². The zero-order chi connectivity index (χ0) is 12.3. The summed E-state index contributed by atoms with van der Waals surface area (Å²) in [6.45, 7) is 4.45. The molecule has 0 unspecified atom stereocenters. The first-order chi connectivity index (χ1) is 8.05. The predicted octanol–water partition coefficient (Wildman–Crippen LogP) is 1.92. The van der Waals surface area contributed by atoms with Crippen molar-refractivity contribution in [2.75, 3.05) is 6.61 Å². The van der Waals surface area contributed by atoms with Gasteiger partial charge in [-0.25, -0.2) is 4.74 Å². The fourth-order valence-corrected chi connectivity index (χ4v) is 1.79. The lowest BCUT2D eigenvalue weighted by atomic mass is 10.2. The Labute approximate surface area is 101 Å². The van der Waals surface area contributed by atoms with E-state index < -0.39 is 5.79 Å². The van der Waals surface area contributed by atoms with Crippen LogP contribution in [0, 0.1) is 5.21 Å². The molecule has 1 aliphatic rings. The maximum Gasteiger partial charge on any atom is 0.182 e. The van der Waals surface area contributed by atoms with Crippen LogP contribution >= 0.6 is 0 Å². The van der Waals surface area contributed by atoms with Crippen LogP contribution in [0.2, 0.25) is 0 Å². The SMILES string of the molecule is CC1(C)OC[C@H](C=[N+]([O-])Cc2ccccc2)O1. The Bertz CT molecular complexity index is 400. The number of benzene rings is 1. The predicted molar refractivity (Wildman–Crippen MR) is 64.7 cm³/mol. The van der Waals surface area contributed by atoms with Gasteiger partial charge in [0.25, 0.3) is 0 Å². The molecule has 2 rings (SSSR count). The van der Waals surface area contributed by atoms with Crippen molar-refractivity contribution in [2.24, 2.45) is 0 Å². The molecule has 0 bridgehead atoms. The maximum absolute atomic E-state index is 11.7. The van der Waals surface area contributed by atoms with Crippen LogP contribution in [0.15, 0.2) is 30.3 Å². The highest BCUT2D eigenvalue weighted by Gasteiger charge is 2.33. The molecule has 1 aliphatic heterocycles. The van der Waals surface area contributed by atoms with Crippen LogP contribution in [-0.4, -0.2) is 29.5 Å². The summed E-state index contributed by atoms with van der Waals surface area (Å²) in [7, 11) is 0. The van der Waals surface area contributed by atoms with Crippen molar-refractivity contribution < 1.29 is 14.2 Å². The molecule has 17 heavy (non-hydrogen) atoms. The molecule has 4 heteroatoms. The van der Waals surface area contributed by atoms with Crippen molar-refractivity contribution in [3.05, 3.63) is 41.1 Å². The average Bonchev–Trinajstić information content (AvgIpc) is 2.59. The van der Waals surface area contributed by atoms with Crippen LogP contribution in [0.5, 0.6) is 0 Å². The smallest absolute Gasteiger partial charge is 0.182 e. The molecule has 0 saturated carbocycles. The highest BCUT2D eigenvalue weighted by molar-refractivity contribution is 5.58. The summed E-state index contributed by atoms with van der Waals surface area (Å²) in [4.78, 5) is 0. The number of hydrogen-bond donors (Lipinski definition) is 0. The van der Waals surface area contributed by atoms with Crippen LogP contribution in [-0.2, 0) is 16.0 Å². The molecule has 4 nitrogen and oxygen atoms in total. The number of nitrogens with zero attached hydrogens (tertiary/aromatic N) is 1. The molecule has 92 valence electrons. The van der Waals surface area contributed by atoms with Gasteiger partial charge in [0.05, 0.1) is 6.61 Å². The number of hydrogen-bond acceptors (Lipinski definition) is 3. The molecule has 1 aromatic rings. The molecule has 0 N–H and O–H groups in total. The van der Waals surface area contributed by atoms with Crippen LogP contribution in [0.25, 0.3) is 0 Å². The first-order valence-corrected chi connectivity index (χ1v) is 5.70. The van der Waals surface area contributed by atoms with Crippen LogP contribution in [0.4, 0.5) is 0 Å². The molecule has 1 saturated heterocycles. The molecule has 1 atom stereocenters. The second-order valence-corrected chi connectivity index (χ2v) is 4.58. The van der Waals surface area contributed by atoms with Gasteiger partial charge >= 0.3 is 0 Å². The normalized spacial score (nSPS) is 23.9. The zero-order valence-corrected chi connectivity index (χ0v) is 10.1. The third-order valence-electron chi connectivity index (χ3n) is 2.54. The number of hydroxylamine groups is 1. The molecular weight excluding hydrogens is 218 g/mol. The molecule has 1 fully saturated rings. The Morgan fingerprint density at radius 2 is 2.12 bits per heavy atom. The van der Waals surface area contributed by atoms with E-state index in [1.165, 1.54) is 6.21 Å². The number of rotatable bonds is 3. The summed E-state index contributed by atoms with van der Waals surface area (Å²) >= 11 is 0. The Morgan fingerprint density at radius 1 is 1.41 bits per heavy atom. The monoisotopic (exact) mass is 235 g/mol. The molecule has 1 aromatic carbocycles. The zero-order valence-electron chi connectivity index (χ0n) is 10.1. The van der Waals surface area contributed by atoms with Gasteiger partial charge in [0.2, 0.25) is 0 Å². The maximum atomic E-state index is 11.7. The van der Waals surface area contributed by atoms with Crippen LogP contribution < -0.4 is 0 Å². The molecule has 0 aromatic heterocycles. The van der Waals surface area contributed by atoms with E-state index in [0.29, 0.717) is 13.2 Å². The minimum atomic E-state index is -0.589. The molecule has 0 aliphatic carbocycles. The second-order valence-electron chi connectivity index (χ2n) is 4.58. The van der Waals surface area contributed by atoms with Crippen molar-refractivity contribution in [2.45, 2.75) is 32.3 Å². The van der Waals surface area contributed by atoms with E-state index in [1.54, 1.807) is 0 Å². The van der Waals surface area contributed by atoms with Crippen molar-refractivity contribution >= 4 is 6.21 Å². The lowest BCUT2D eigenvalue weighted by Crippen LogP contribution is -2.24. The summed E-state index contributed by atoms with van der Waals surface area (Å²) in [6, 6.07) is 9.62. The van der Waals surface area contributed by atoms with E-state index in [2.05, 4.69) is 0 Å². The van der Waals surface area contributed by atoms with Crippen LogP contribution in [0.3, 0.4) is 0 Å². The third-order valence-corrected chi connectivity index (χ3v) is 2.54. The fourth-order valence-electron chi connectivity index (χ4n) is 1.79. The molecule has 0 radical (unpaired) electrons. The van der Waals surface area contributed by atoms with Gasteiger partial charge in [-0.15, -0.1) is 0 Å². The van der Waals surface area contributed by atoms with E-state index in [9.17, 15) is 5.21 Å². The van der Waals surface area contributed by atoms with Gasteiger partial charge in [0, 0.05) is 5.56 Å². The Morgan fingerprint density at radius 3 is 2.71 bits per heavy atom. The summed E-state index contributed by atoms with van der Waals surface area (Å²) in [5.41, 5.74) is 0.983. The van der Waals surface area contributed by atoms with Gasteiger partial charge in [0.15, 0.2) is 24.7 Å². The minimum Gasteiger partial charge on any atom is -0.624 e. The Balaban J connectivity index is 1.94.